The molecule has 11 nitrogen and oxygen atoms in total. The Morgan fingerprint density at radius 2 is 1.89 bits per heavy atom. The number of imide groups is 1. The highest BCUT2D eigenvalue weighted by atomic mass is 16.5. The zero-order valence-corrected chi connectivity index (χ0v) is 25.5. The van der Waals surface area contributed by atoms with Crippen LogP contribution in [-0.4, -0.2) is 61.9 Å². The van der Waals surface area contributed by atoms with Gasteiger partial charge in [-0.3, -0.25) is 19.6 Å². The van der Waals surface area contributed by atoms with Gasteiger partial charge in [-0.25, -0.2) is 19.7 Å². The minimum Gasteiger partial charge on any atom is -0.380 e. The van der Waals surface area contributed by atoms with Crippen LogP contribution in [0.1, 0.15) is 71.0 Å². The number of carbonyl (C=O) groups is 2. The minimum absolute atomic E-state index is 0.0241. The maximum absolute atomic E-state index is 12.9. The number of ether oxygens (including phenoxy) is 1. The zero-order valence-electron chi connectivity index (χ0n) is 25.5. The van der Waals surface area contributed by atoms with Gasteiger partial charge >= 0.3 is 6.03 Å². The maximum atomic E-state index is 12.9. The number of amides is 3. The number of rotatable bonds is 9. The van der Waals surface area contributed by atoms with E-state index in [2.05, 4.69) is 45.7 Å². The molecule has 0 spiro atoms. The molecule has 5 heterocycles. The Labute approximate surface area is 260 Å². The van der Waals surface area contributed by atoms with Crippen molar-refractivity contribution in [3.8, 4) is 0 Å². The van der Waals surface area contributed by atoms with E-state index in [1.165, 1.54) is 22.4 Å². The Hall–Kier alpha value is -4.90. The molecule has 0 bridgehead atoms. The molecule has 11 heteroatoms. The Balaban J connectivity index is 1.07. The number of pyridine rings is 2. The molecule has 1 N–H and O–H groups in total. The average Bonchev–Trinajstić information content (AvgIpc) is 3.97. The molecule has 2 atom stereocenters. The Kier molecular flexibility index (Phi) is 6.52. The number of methoxy groups -OCH3 is 1. The molecular weight excluding hydrogens is 568 g/mol. The van der Waals surface area contributed by atoms with Crippen molar-refractivity contribution >= 4 is 39.9 Å². The van der Waals surface area contributed by atoms with Gasteiger partial charge < -0.3 is 14.5 Å². The topological polar surface area (TPSA) is 118 Å². The molecule has 45 heavy (non-hydrogen) atoms. The predicted molar refractivity (Wildman–Crippen MR) is 169 cm³/mol. The lowest BCUT2D eigenvalue weighted by molar-refractivity contribution is -0.123. The molecule has 228 valence electrons. The second kappa shape index (κ2) is 10.6. The van der Waals surface area contributed by atoms with E-state index >= 15 is 0 Å². The number of carbonyl (C=O) groups excluding carboxylic acids is 2. The lowest BCUT2D eigenvalue weighted by Crippen LogP contribution is -2.30. The number of likely N-dealkylation sites (N-methyl/N-ethyl adjacent to an activating group) is 1. The Bertz CT molecular complexity index is 2000. The van der Waals surface area contributed by atoms with E-state index in [0.717, 1.165) is 64.3 Å². The van der Waals surface area contributed by atoms with Crippen molar-refractivity contribution in [3.63, 3.8) is 0 Å². The van der Waals surface area contributed by atoms with Gasteiger partial charge in [-0.15, -0.1) is 0 Å². The van der Waals surface area contributed by atoms with E-state index in [4.69, 9.17) is 14.7 Å². The van der Waals surface area contributed by atoms with Crippen molar-refractivity contribution in [2.24, 2.45) is 0 Å². The number of urea groups is 1. The first kappa shape index (κ1) is 27.6. The molecule has 0 radical (unpaired) electrons. The van der Waals surface area contributed by atoms with E-state index < -0.39 is 0 Å². The highest BCUT2D eigenvalue weighted by Gasteiger charge is 2.43. The van der Waals surface area contributed by atoms with Crippen molar-refractivity contribution in [2.45, 2.75) is 57.1 Å². The second-order valence-electron chi connectivity index (χ2n) is 12.4. The summed E-state index contributed by atoms with van der Waals surface area (Å²) in [6.07, 6.45) is 9.18. The summed E-state index contributed by atoms with van der Waals surface area (Å²) in [5.74, 6) is 1.72. The molecule has 1 aromatic carbocycles. The molecule has 8 rings (SSSR count). The number of imidazole rings is 1. The van der Waals surface area contributed by atoms with Gasteiger partial charge in [-0.05, 0) is 73.6 Å². The van der Waals surface area contributed by atoms with Crippen LogP contribution in [0.25, 0.3) is 16.6 Å². The van der Waals surface area contributed by atoms with Gasteiger partial charge in [0.25, 0.3) is 0 Å². The molecule has 0 unspecified atom stereocenters. The van der Waals surface area contributed by atoms with Crippen molar-refractivity contribution in [3.05, 3.63) is 89.0 Å². The minimum atomic E-state index is -0.322. The highest BCUT2D eigenvalue weighted by Crippen LogP contribution is 2.53. The molecule has 1 saturated heterocycles. The first-order chi connectivity index (χ1) is 21.9. The summed E-state index contributed by atoms with van der Waals surface area (Å²) >= 11 is 0. The molecule has 3 amide bonds. The number of hydrogen-bond acceptors (Lipinski definition) is 8. The molecule has 2 aliphatic carbocycles. The molecule has 4 aromatic heterocycles. The van der Waals surface area contributed by atoms with Crippen molar-refractivity contribution in [1.82, 2.24) is 29.2 Å². The number of nitrogens with one attached hydrogen (secondary N) is 1. The molecule has 3 fully saturated rings. The van der Waals surface area contributed by atoms with Crippen LogP contribution in [0.3, 0.4) is 0 Å². The Morgan fingerprint density at radius 3 is 2.64 bits per heavy atom. The lowest BCUT2D eigenvalue weighted by Gasteiger charge is -2.17. The first-order valence-electron chi connectivity index (χ1n) is 15.4. The van der Waals surface area contributed by atoms with Crippen molar-refractivity contribution < 1.29 is 14.3 Å². The largest absolute Gasteiger partial charge is 0.380 e. The van der Waals surface area contributed by atoms with E-state index in [9.17, 15) is 9.59 Å². The van der Waals surface area contributed by atoms with E-state index in [-0.39, 0.29) is 30.3 Å². The van der Waals surface area contributed by atoms with Gasteiger partial charge in [0.1, 0.15) is 12.4 Å². The normalized spacial score (nSPS) is 19.7. The quantitative estimate of drug-likeness (QED) is 0.226. The van der Waals surface area contributed by atoms with Crippen molar-refractivity contribution in [1.29, 1.82) is 0 Å². The summed E-state index contributed by atoms with van der Waals surface area (Å²) in [6.45, 7) is 3.01. The van der Waals surface area contributed by atoms with Crippen LogP contribution >= 0.6 is 0 Å². The summed E-state index contributed by atoms with van der Waals surface area (Å²) < 4.78 is 7.54. The fourth-order valence-electron chi connectivity index (χ4n) is 6.41. The first-order valence-corrected chi connectivity index (χ1v) is 15.4. The number of fused-ring (bicyclic) bond motifs is 2. The zero-order chi connectivity index (χ0) is 30.8. The van der Waals surface area contributed by atoms with Crippen LogP contribution in [-0.2, 0) is 22.7 Å². The van der Waals surface area contributed by atoms with E-state index in [0.29, 0.717) is 30.4 Å². The smallest absolute Gasteiger partial charge is 0.331 e. The summed E-state index contributed by atoms with van der Waals surface area (Å²) in [5.41, 5.74) is 8.31. The molecule has 5 aromatic rings. The number of benzene rings is 1. The van der Waals surface area contributed by atoms with Crippen LogP contribution in [0.2, 0.25) is 0 Å². The predicted octanol–water partition coefficient (Wildman–Crippen LogP) is 5.29. The van der Waals surface area contributed by atoms with Crippen LogP contribution in [0.5, 0.6) is 0 Å². The van der Waals surface area contributed by atoms with Crippen LogP contribution in [0.4, 0.5) is 16.2 Å². The second-order valence-corrected chi connectivity index (χ2v) is 12.4. The van der Waals surface area contributed by atoms with E-state index in [1.54, 1.807) is 7.11 Å². The van der Waals surface area contributed by atoms with Crippen LogP contribution in [0, 0.1) is 6.92 Å². The molecule has 2 saturated carbocycles. The van der Waals surface area contributed by atoms with Gasteiger partial charge in [-0.2, -0.15) is 0 Å². The number of nitrogens with zero attached hydrogens (tertiary/aromatic N) is 7. The third-order valence-corrected chi connectivity index (χ3v) is 9.13. The summed E-state index contributed by atoms with van der Waals surface area (Å²) in [5, 5.41) is 4.59. The monoisotopic (exact) mass is 602 g/mol. The van der Waals surface area contributed by atoms with Gasteiger partial charge in [0.2, 0.25) is 5.91 Å². The van der Waals surface area contributed by atoms with E-state index in [1.807, 2.05) is 35.9 Å². The summed E-state index contributed by atoms with van der Waals surface area (Å²) in [7, 11) is 3.24. The molecule has 3 aliphatic rings. The lowest BCUT2D eigenvalue weighted by atomic mass is 10.0. The van der Waals surface area contributed by atoms with Gasteiger partial charge in [0.05, 0.1) is 30.0 Å². The fraction of sp³-hybridized carbons (Fsp3) is 0.353. The van der Waals surface area contributed by atoms with Gasteiger partial charge in [-0.1, -0.05) is 6.07 Å². The third-order valence-electron chi connectivity index (χ3n) is 9.13. The van der Waals surface area contributed by atoms with Crippen LogP contribution in [0.15, 0.2) is 55.0 Å². The third kappa shape index (κ3) is 5.06. The standard InChI is InChI=1S/C34H34N8O3/c1-19-8-9-35-32(37-19)27-13-26(27)28-10-22(18-45-3)25-7-6-23(12-29(25)39-28)36-14-24-16-41-15-21(20-4-5-20)11-30(33(41)38-24)42-17-31(43)40(2)34(42)44/h6-12,15-16,20,26-27,36H,4-5,13-14,17-18H2,1-3H3/t26-,27-/m0/s1. The summed E-state index contributed by atoms with van der Waals surface area (Å²) in [6, 6.07) is 12.0. The summed E-state index contributed by atoms with van der Waals surface area (Å²) in [4.78, 5) is 47.1. The van der Waals surface area contributed by atoms with Crippen molar-refractivity contribution in [2.75, 3.05) is 30.9 Å². The maximum Gasteiger partial charge on any atom is 0.331 e. The number of hydrogen-bond donors (Lipinski definition) is 1. The number of aromatic nitrogens is 5. The number of aryl methyl sites for hydroxylation is 1. The fourth-order valence-corrected chi connectivity index (χ4v) is 6.41. The molecule has 1 aliphatic heterocycles. The SMILES string of the molecule is COCc1cc([C@H]2C[C@@H]2c2nccc(C)n2)nc2cc(NCc3cn4cc(C5CC5)cc(N5CC(=O)N(C)C5=O)c4n3)ccc12. The van der Waals surface area contributed by atoms with Gasteiger partial charge in [0, 0.05) is 67.0 Å². The number of anilines is 2. The average molecular weight is 603 g/mol. The Morgan fingerprint density at radius 1 is 1.02 bits per heavy atom. The van der Waals surface area contributed by atoms with Gasteiger partial charge in [0.15, 0.2) is 5.65 Å². The van der Waals surface area contributed by atoms with Crippen LogP contribution < -0.4 is 10.2 Å². The highest BCUT2D eigenvalue weighted by molar-refractivity contribution is 6.13. The molecular formula is C34H34N8O3.